The predicted octanol–water partition coefficient (Wildman–Crippen LogP) is -0.261. The SMILES string of the molecule is N#CC(O)C(O)c1cccc2c1NC(=O)C2=O. The van der Waals surface area contributed by atoms with Crippen LogP contribution in [0.3, 0.4) is 0 Å². The number of ketones is 1. The number of para-hydroxylation sites is 1. The van der Waals surface area contributed by atoms with Gasteiger partial charge in [-0.05, 0) is 6.07 Å². The third-order valence-corrected chi connectivity index (χ3v) is 2.54. The van der Waals surface area contributed by atoms with Crippen LogP contribution in [-0.2, 0) is 4.79 Å². The first-order valence-electron chi connectivity index (χ1n) is 4.80. The second-order valence-electron chi connectivity index (χ2n) is 3.57. The van der Waals surface area contributed by atoms with Crippen LogP contribution in [0.5, 0.6) is 0 Å². The second kappa shape index (κ2) is 3.97. The maximum atomic E-state index is 11.4. The van der Waals surface area contributed by atoms with Crippen molar-refractivity contribution < 1.29 is 19.8 Å². The Kier molecular flexibility index (Phi) is 2.63. The van der Waals surface area contributed by atoms with E-state index in [1.165, 1.54) is 24.3 Å². The van der Waals surface area contributed by atoms with Crippen molar-refractivity contribution >= 4 is 17.4 Å². The van der Waals surface area contributed by atoms with Crippen LogP contribution in [0.15, 0.2) is 18.2 Å². The summed E-state index contributed by atoms with van der Waals surface area (Å²) in [5, 5.41) is 29.7. The van der Waals surface area contributed by atoms with Gasteiger partial charge in [-0.1, -0.05) is 12.1 Å². The number of aliphatic hydroxyl groups excluding tert-OH is 2. The number of rotatable bonds is 2. The Labute approximate surface area is 96.1 Å². The average Bonchev–Trinajstić information content (AvgIpc) is 2.63. The van der Waals surface area contributed by atoms with Crippen LogP contribution < -0.4 is 5.32 Å². The summed E-state index contributed by atoms with van der Waals surface area (Å²) >= 11 is 0. The Balaban J connectivity index is 2.50. The number of amides is 1. The van der Waals surface area contributed by atoms with Gasteiger partial charge in [0.2, 0.25) is 0 Å². The summed E-state index contributed by atoms with van der Waals surface area (Å²) in [6.07, 6.45) is -3.09. The molecule has 2 atom stereocenters. The molecule has 0 spiro atoms. The third kappa shape index (κ3) is 1.67. The smallest absolute Gasteiger partial charge is 0.296 e. The monoisotopic (exact) mass is 232 g/mol. The number of nitrogens with one attached hydrogen (secondary N) is 1. The fourth-order valence-electron chi connectivity index (χ4n) is 1.68. The fourth-order valence-corrected chi connectivity index (χ4v) is 1.68. The summed E-state index contributed by atoms with van der Waals surface area (Å²) in [4.78, 5) is 22.6. The van der Waals surface area contributed by atoms with E-state index in [4.69, 9.17) is 5.26 Å². The van der Waals surface area contributed by atoms with E-state index in [1.54, 1.807) is 0 Å². The molecule has 1 aliphatic heterocycles. The lowest BCUT2D eigenvalue weighted by Gasteiger charge is -2.15. The maximum absolute atomic E-state index is 11.4. The summed E-state index contributed by atoms with van der Waals surface area (Å²) < 4.78 is 0. The lowest BCUT2D eigenvalue weighted by atomic mass is 10.00. The molecular weight excluding hydrogens is 224 g/mol. The molecule has 6 nitrogen and oxygen atoms in total. The number of aliphatic hydroxyl groups is 2. The van der Waals surface area contributed by atoms with Gasteiger partial charge in [-0.15, -0.1) is 0 Å². The number of carbonyl (C=O) groups excluding carboxylic acids is 2. The molecule has 1 aromatic carbocycles. The van der Waals surface area contributed by atoms with Crippen molar-refractivity contribution in [2.24, 2.45) is 0 Å². The van der Waals surface area contributed by atoms with Crippen molar-refractivity contribution in [3.05, 3.63) is 29.3 Å². The molecule has 0 aromatic heterocycles. The molecule has 1 heterocycles. The largest absolute Gasteiger partial charge is 0.384 e. The molecule has 17 heavy (non-hydrogen) atoms. The van der Waals surface area contributed by atoms with E-state index >= 15 is 0 Å². The van der Waals surface area contributed by atoms with Gasteiger partial charge in [0.25, 0.3) is 11.7 Å². The number of carbonyl (C=O) groups is 2. The number of Topliss-reactive ketones (excluding diaryl/α,β-unsaturated/α-hetero) is 1. The quantitative estimate of drug-likeness (QED) is 0.480. The van der Waals surface area contributed by atoms with Crippen LogP contribution in [0.25, 0.3) is 0 Å². The van der Waals surface area contributed by atoms with Crippen molar-refractivity contribution in [1.29, 1.82) is 5.26 Å². The average molecular weight is 232 g/mol. The molecule has 0 saturated carbocycles. The zero-order chi connectivity index (χ0) is 12.6. The Bertz CT molecular complexity index is 547. The van der Waals surface area contributed by atoms with E-state index in [0.29, 0.717) is 0 Å². The standard InChI is InChI=1S/C11H8N2O4/c12-4-7(14)9(15)5-2-1-3-6-8(5)13-11(17)10(6)16/h1-3,7,9,14-15H,(H,13,16,17). The Morgan fingerprint density at radius 1 is 1.29 bits per heavy atom. The number of hydrogen-bond donors (Lipinski definition) is 3. The number of fused-ring (bicyclic) bond motifs is 1. The van der Waals surface area contributed by atoms with Gasteiger partial charge in [0.15, 0.2) is 6.10 Å². The van der Waals surface area contributed by atoms with E-state index < -0.39 is 23.9 Å². The highest BCUT2D eigenvalue weighted by Crippen LogP contribution is 2.32. The van der Waals surface area contributed by atoms with Gasteiger partial charge in [0, 0.05) is 5.56 Å². The molecule has 1 aromatic rings. The van der Waals surface area contributed by atoms with Gasteiger partial charge in [-0.25, -0.2) is 0 Å². The van der Waals surface area contributed by atoms with Crippen molar-refractivity contribution in [3.63, 3.8) is 0 Å². The molecule has 1 amide bonds. The van der Waals surface area contributed by atoms with Crippen molar-refractivity contribution in [2.45, 2.75) is 12.2 Å². The van der Waals surface area contributed by atoms with Gasteiger partial charge in [-0.3, -0.25) is 9.59 Å². The lowest BCUT2D eigenvalue weighted by molar-refractivity contribution is -0.112. The molecule has 0 bridgehead atoms. The van der Waals surface area contributed by atoms with Crippen LogP contribution in [0.4, 0.5) is 5.69 Å². The summed E-state index contributed by atoms with van der Waals surface area (Å²) in [5.41, 5.74) is 0.441. The van der Waals surface area contributed by atoms with Crippen LogP contribution in [-0.4, -0.2) is 28.0 Å². The minimum absolute atomic E-state index is 0.136. The zero-order valence-electron chi connectivity index (χ0n) is 8.54. The van der Waals surface area contributed by atoms with Gasteiger partial charge < -0.3 is 15.5 Å². The highest BCUT2D eigenvalue weighted by molar-refractivity contribution is 6.51. The number of anilines is 1. The summed E-state index contributed by atoms with van der Waals surface area (Å²) in [7, 11) is 0. The number of nitriles is 1. The molecule has 6 heteroatoms. The third-order valence-electron chi connectivity index (χ3n) is 2.54. The minimum Gasteiger partial charge on any atom is -0.384 e. The zero-order valence-corrected chi connectivity index (χ0v) is 8.54. The number of benzene rings is 1. The molecule has 0 fully saturated rings. The highest BCUT2D eigenvalue weighted by atomic mass is 16.3. The fraction of sp³-hybridized carbons (Fsp3) is 0.182. The molecule has 0 aliphatic carbocycles. The normalized spacial score (nSPS) is 17.0. The van der Waals surface area contributed by atoms with Crippen LogP contribution in [0.1, 0.15) is 22.0 Å². The Morgan fingerprint density at radius 3 is 2.65 bits per heavy atom. The van der Waals surface area contributed by atoms with E-state index in [0.717, 1.165) is 0 Å². The first-order chi connectivity index (χ1) is 8.06. The van der Waals surface area contributed by atoms with Crippen molar-refractivity contribution in [2.75, 3.05) is 5.32 Å². The van der Waals surface area contributed by atoms with Gasteiger partial charge in [0.05, 0.1) is 17.3 Å². The maximum Gasteiger partial charge on any atom is 0.296 e. The summed E-state index contributed by atoms with van der Waals surface area (Å²) in [5.74, 6) is -1.48. The molecule has 3 N–H and O–H groups in total. The van der Waals surface area contributed by atoms with Gasteiger partial charge >= 0.3 is 0 Å². The van der Waals surface area contributed by atoms with Crippen LogP contribution in [0, 0.1) is 11.3 Å². The lowest BCUT2D eigenvalue weighted by Crippen LogP contribution is -2.17. The molecule has 0 saturated heterocycles. The summed E-state index contributed by atoms with van der Waals surface area (Å²) in [6, 6.07) is 5.83. The molecule has 0 radical (unpaired) electrons. The predicted molar refractivity (Wildman–Crippen MR) is 56.0 cm³/mol. The molecular formula is C11H8N2O4. The first-order valence-corrected chi connectivity index (χ1v) is 4.80. The van der Waals surface area contributed by atoms with Gasteiger partial charge in [-0.2, -0.15) is 5.26 Å². The topological polar surface area (TPSA) is 110 Å². The van der Waals surface area contributed by atoms with E-state index in [1.807, 2.05) is 0 Å². The second-order valence-corrected chi connectivity index (χ2v) is 3.57. The van der Waals surface area contributed by atoms with Crippen molar-refractivity contribution in [3.8, 4) is 6.07 Å². The van der Waals surface area contributed by atoms with E-state index in [-0.39, 0.29) is 16.8 Å². The molecule has 86 valence electrons. The minimum atomic E-state index is -1.62. The molecule has 1 aliphatic rings. The van der Waals surface area contributed by atoms with E-state index in [9.17, 15) is 19.8 Å². The highest BCUT2D eigenvalue weighted by Gasteiger charge is 2.32. The van der Waals surface area contributed by atoms with E-state index in [2.05, 4.69) is 5.32 Å². The van der Waals surface area contributed by atoms with Crippen LogP contribution in [0.2, 0.25) is 0 Å². The molecule has 2 unspecified atom stereocenters. The number of hydrogen-bond acceptors (Lipinski definition) is 5. The Hall–Kier alpha value is -2.23. The van der Waals surface area contributed by atoms with Crippen molar-refractivity contribution in [1.82, 2.24) is 0 Å². The molecule has 2 rings (SSSR count). The van der Waals surface area contributed by atoms with Crippen LogP contribution >= 0.6 is 0 Å². The Morgan fingerprint density at radius 2 is 2.00 bits per heavy atom. The summed E-state index contributed by atoms with van der Waals surface area (Å²) in [6.45, 7) is 0. The first kappa shape index (κ1) is 11.3. The van der Waals surface area contributed by atoms with Gasteiger partial charge in [0.1, 0.15) is 6.10 Å². The number of nitrogens with zero attached hydrogens (tertiary/aromatic N) is 1.